The van der Waals surface area contributed by atoms with Crippen LogP contribution >= 0.6 is 0 Å². The Morgan fingerprint density at radius 3 is 1.04 bits per heavy atom. The third-order valence-corrected chi connectivity index (χ3v) is 18.6. The van der Waals surface area contributed by atoms with E-state index in [1.54, 1.807) is 12.1 Å². The Balaban J connectivity index is 2.12. The predicted octanol–water partition coefficient (Wildman–Crippen LogP) is 3.20. The topological polar surface area (TPSA) is 0 Å². The van der Waals surface area contributed by atoms with Gasteiger partial charge < -0.3 is 0 Å². The van der Waals surface area contributed by atoms with Crippen LogP contribution in [0.5, 0.6) is 0 Å². The van der Waals surface area contributed by atoms with Crippen LogP contribution in [0.2, 0.25) is 0 Å². The van der Waals surface area contributed by atoms with E-state index in [1.807, 2.05) is 12.1 Å². The molecule has 126 valence electrons. The number of hydrogen-bond acceptors (Lipinski definition) is 0. The second-order valence-corrected chi connectivity index (χ2v) is 17.2. The standard InChI is InChI=1S/C6H4F.3C6H5.Sn/c7-6-4-2-1-3-5-6;3*1-2-4-6-5-3-1;/h2-5H;3*1-5H;. The van der Waals surface area contributed by atoms with Crippen molar-refractivity contribution in [3.63, 3.8) is 0 Å². The maximum atomic E-state index is 13.7. The van der Waals surface area contributed by atoms with Gasteiger partial charge in [-0.2, -0.15) is 0 Å². The van der Waals surface area contributed by atoms with Gasteiger partial charge in [-0.15, -0.1) is 0 Å². The summed E-state index contributed by atoms with van der Waals surface area (Å²) in [5, 5.41) is 0. The van der Waals surface area contributed by atoms with E-state index in [9.17, 15) is 4.39 Å². The van der Waals surface area contributed by atoms with Crippen LogP contribution in [0, 0.1) is 5.82 Å². The second-order valence-electron chi connectivity index (χ2n) is 6.35. The Morgan fingerprint density at radius 1 is 0.385 bits per heavy atom. The van der Waals surface area contributed by atoms with Crippen molar-refractivity contribution in [3.05, 3.63) is 121 Å². The molecule has 0 N–H and O–H groups in total. The first-order valence-electron chi connectivity index (χ1n) is 8.74. The summed E-state index contributed by atoms with van der Waals surface area (Å²) in [6.45, 7) is 0. The van der Waals surface area contributed by atoms with Crippen molar-refractivity contribution >= 4 is 32.7 Å². The number of benzene rings is 4. The Bertz CT molecular complexity index is 868. The van der Waals surface area contributed by atoms with Crippen molar-refractivity contribution < 1.29 is 4.39 Å². The van der Waals surface area contributed by atoms with Crippen molar-refractivity contribution in [3.8, 4) is 0 Å². The average molecular weight is 445 g/mol. The van der Waals surface area contributed by atoms with Gasteiger partial charge in [-0.25, -0.2) is 0 Å². The molecule has 0 nitrogen and oxygen atoms in total. The summed E-state index contributed by atoms with van der Waals surface area (Å²) in [6, 6.07) is 39.4. The summed E-state index contributed by atoms with van der Waals surface area (Å²) in [6.07, 6.45) is 0. The van der Waals surface area contributed by atoms with Crippen LogP contribution in [-0.2, 0) is 0 Å². The molecule has 4 aromatic rings. The van der Waals surface area contributed by atoms with E-state index in [4.69, 9.17) is 0 Å². The molecule has 0 aliphatic carbocycles. The summed E-state index contributed by atoms with van der Waals surface area (Å²) in [7, 11) is 0. The Hall–Kier alpha value is -2.39. The van der Waals surface area contributed by atoms with E-state index < -0.39 is 18.4 Å². The van der Waals surface area contributed by atoms with Crippen LogP contribution in [0.1, 0.15) is 0 Å². The van der Waals surface area contributed by atoms with Crippen LogP contribution in [0.15, 0.2) is 115 Å². The van der Waals surface area contributed by atoms with Gasteiger partial charge in [0.2, 0.25) is 0 Å². The molecule has 0 bridgehead atoms. The minimum absolute atomic E-state index is 0.192. The van der Waals surface area contributed by atoms with Gasteiger partial charge >= 0.3 is 158 Å². The van der Waals surface area contributed by atoms with Gasteiger partial charge in [-0.3, -0.25) is 0 Å². The van der Waals surface area contributed by atoms with Crippen molar-refractivity contribution in [1.29, 1.82) is 0 Å². The summed E-state index contributed by atoms with van der Waals surface area (Å²) < 4.78 is 19.1. The van der Waals surface area contributed by atoms with Crippen LogP contribution in [0.25, 0.3) is 0 Å². The summed E-state index contributed by atoms with van der Waals surface area (Å²) in [5.41, 5.74) is 0. The Morgan fingerprint density at radius 2 is 0.692 bits per heavy atom. The molecule has 0 heterocycles. The monoisotopic (exact) mass is 446 g/mol. The van der Waals surface area contributed by atoms with Gasteiger partial charge in [0.25, 0.3) is 0 Å². The fraction of sp³-hybridized carbons (Fsp3) is 0. The number of halogens is 1. The molecule has 2 heteroatoms. The molecule has 0 aliphatic heterocycles. The van der Waals surface area contributed by atoms with E-state index in [-0.39, 0.29) is 5.82 Å². The minimum atomic E-state index is -3.51. The predicted molar refractivity (Wildman–Crippen MR) is 110 cm³/mol. The van der Waals surface area contributed by atoms with E-state index in [0.717, 1.165) is 0 Å². The van der Waals surface area contributed by atoms with Crippen molar-refractivity contribution in [2.75, 3.05) is 0 Å². The molecule has 4 aromatic carbocycles. The fourth-order valence-corrected chi connectivity index (χ4v) is 17.3. The molecule has 0 saturated heterocycles. The zero-order chi connectivity index (χ0) is 17.8. The summed E-state index contributed by atoms with van der Waals surface area (Å²) >= 11 is -3.51. The van der Waals surface area contributed by atoms with Crippen LogP contribution in [0.4, 0.5) is 4.39 Å². The van der Waals surface area contributed by atoms with Gasteiger partial charge in [0.15, 0.2) is 0 Å². The average Bonchev–Trinajstić information content (AvgIpc) is 2.72. The molecule has 0 atom stereocenters. The first kappa shape index (κ1) is 17.0. The molecule has 0 spiro atoms. The first-order chi connectivity index (χ1) is 12.8. The molecule has 0 amide bonds. The van der Waals surface area contributed by atoms with E-state index in [2.05, 4.69) is 91.0 Å². The maximum absolute atomic E-state index is 13.7. The zero-order valence-electron chi connectivity index (χ0n) is 14.3. The molecular formula is C24H19FSn. The van der Waals surface area contributed by atoms with E-state index in [0.29, 0.717) is 0 Å². The normalized spacial score (nSPS) is 11.3. The molecular weight excluding hydrogens is 426 g/mol. The van der Waals surface area contributed by atoms with Gasteiger partial charge in [0.1, 0.15) is 0 Å². The van der Waals surface area contributed by atoms with Crippen LogP contribution in [0.3, 0.4) is 0 Å². The van der Waals surface area contributed by atoms with Crippen LogP contribution < -0.4 is 14.3 Å². The zero-order valence-corrected chi connectivity index (χ0v) is 17.2. The third-order valence-electron chi connectivity index (χ3n) is 4.90. The van der Waals surface area contributed by atoms with Crippen LogP contribution in [-0.4, -0.2) is 18.4 Å². The number of rotatable bonds is 4. The Labute approximate surface area is 157 Å². The summed E-state index contributed by atoms with van der Waals surface area (Å²) in [5.74, 6) is -0.192. The van der Waals surface area contributed by atoms with Crippen molar-refractivity contribution in [2.24, 2.45) is 0 Å². The van der Waals surface area contributed by atoms with Gasteiger partial charge in [-0.1, -0.05) is 0 Å². The second kappa shape index (κ2) is 7.46. The Kier molecular flexibility index (Phi) is 4.89. The molecule has 26 heavy (non-hydrogen) atoms. The third kappa shape index (κ3) is 2.97. The molecule has 4 rings (SSSR count). The molecule has 0 aliphatic rings. The number of hydrogen-bond donors (Lipinski definition) is 0. The van der Waals surface area contributed by atoms with Crippen molar-refractivity contribution in [1.82, 2.24) is 0 Å². The quantitative estimate of drug-likeness (QED) is 0.424. The van der Waals surface area contributed by atoms with Gasteiger partial charge in [-0.05, 0) is 0 Å². The molecule has 0 radical (unpaired) electrons. The van der Waals surface area contributed by atoms with Gasteiger partial charge in [0.05, 0.1) is 0 Å². The molecule has 0 aromatic heterocycles. The van der Waals surface area contributed by atoms with E-state index >= 15 is 0 Å². The molecule has 0 saturated carbocycles. The van der Waals surface area contributed by atoms with E-state index in [1.165, 1.54) is 14.3 Å². The molecule has 0 unspecified atom stereocenters. The first-order valence-corrected chi connectivity index (χ1v) is 14.5. The van der Waals surface area contributed by atoms with Crippen molar-refractivity contribution in [2.45, 2.75) is 0 Å². The SMILES string of the molecule is Fc1cc[c]([Sn]([c]2ccccc2)([c]2ccccc2)[c]2ccccc2)cc1. The molecule has 0 fully saturated rings. The fourth-order valence-electron chi connectivity index (χ4n) is 3.76. The van der Waals surface area contributed by atoms with Gasteiger partial charge in [0, 0.05) is 0 Å². The summed E-state index contributed by atoms with van der Waals surface area (Å²) in [4.78, 5) is 0.